The van der Waals surface area contributed by atoms with E-state index in [1.807, 2.05) is 0 Å². The number of anilines is 1. The van der Waals surface area contributed by atoms with Crippen molar-refractivity contribution < 1.29 is 14.5 Å². The highest BCUT2D eigenvalue weighted by Crippen LogP contribution is 2.33. The van der Waals surface area contributed by atoms with Crippen LogP contribution in [0.3, 0.4) is 0 Å². The molecule has 0 unspecified atom stereocenters. The average Bonchev–Trinajstić information content (AvgIpc) is 2.61. The van der Waals surface area contributed by atoms with Crippen molar-refractivity contribution in [3.8, 4) is 0 Å². The van der Waals surface area contributed by atoms with E-state index in [1.54, 1.807) is 29.2 Å². The van der Waals surface area contributed by atoms with E-state index in [9.17, 15) is 14.9 Å². The molecule has 0 bridgehead atoms. The van der Waals surface area contributed by atoms with Gasteiger partial charge in [-0.2, -0.15) is 0 Å². The summed E-state index contributed by atoms with van der Waals surface area (Å²) in [5, 5.41) is 12.4. The topological polar surface area (TPSA) is 98.7 Å². The molecule has 0 spiro atoms. The molecule has 7 nitrogen and oxygen atoms in total. The van der Waals surface area contributed by atoms with E-state index in [-0.39, 0.29) is 11.6 Å². The summed E-state index contributed by atoms with van der Waals surface area (Å²) < 4.78 is 5.21. The highest BCUT2D eigenvalue weighted by atomic mass is 16.6. The number of carbonyl (C=O) groups is 1. The number of morpholine rings is 1. The molecule has 1 heterocycles. The van der Waals surface area contributed by atoms with Crippen LogP contribution in [0.1, 0.15) is 5.56 Å². The van der Waals surface area contributed by atoms with E-state index in [1.165, 1.54) is 18.2 Å². The van der Waals surface area contributed by atoms with Gasteiger partial charge in [-0.1, -0.05) is 18.2 Å². The maximum absolute atomic E-state index is 12.2. The van der Waals surface area contributed by atoms with Gasteiger partial charge in [0.1, 0.15) is 0 Å². The van der Waals surface area contributed by atoms with Crippen molar-refractivity contribution in [2.24, 2.45) is 0 Å². The van der Waals surface area contributed by atoms with Crippen molar-refractivity contribution in [2.75, 3.05) is 32.0 Å². The van der Waals surface area contributed by atoms with Crippen molar-refractivity contribution in [3.05, 3.63) is 52.1 Å². The Kier molecular flexibility index (Phi) is 4.43. The van der Waals surface area contributed by atoms with E-state index in [2.05, 4.69) is 0 Å². The van der Waals surface area contributed by atoms with Gasteiger partial charge >= 0.3 is 0 Å². The van der Waals surface area contributed by atoms with Gasteiger partial charge in [0.05, 0.1) is 23.5 Å². The molecule has 7 heteroatoms. The van der Waals surface area contributed by atoms with Crippen LogP contribution in [0.15, 0.2) is 36.4 Å². The Labute approximate surface area is 138 Å². The normalized spacial score (nSPS) is 15.1. The zero-order valence-electron chi connectivity index (χ0n) is 13.0. The molecule has 124 valence electrons. The molecule has 0 radical (unpaired) electrons. The molecule has 1 amide bonds. The summed E-state index contributed by atoms with van der Waals surface area (Å²) in [6.07, 6.45) is 2.93. The fourth-order valence-corrected chi connectivity index (χ4v) is 2.74. The van der Waals surface area contributed by atoms with Gasteiger partial charge in [-0.25, -0.2) is 0 Å². The van der Waals surface area contributed by atoms with E-state index < -0.39 is 4.92 Å². The second kappa shape index (κ2) is 6.67. The zero-order valence-corrected chi connectivity index (χ0v) is 13.0. The summed E-state index contributed by atoms with van der Waals surface area (Å²) in [5.74, 6) is -0.159. The maximum Gasteiger partial charge on any atom is 0.277 e. The molecular formula is C17H17N3O4. The first kappa shape index (κ1) is 15.9. The SMILES string of the molecule is Nc1c(/C=C\C(=O)N2CCOCC2)cc([N+](=O)[O-])c2ccccc12. The van der Waals surface area contributed by atoms with E-state index in [0.29, 0.717) is 48.3 Å². The highest BCUT2D eigenvalue weighted by molar-refractivity contribution is 6.03. The van der Waals surface area contributed by atoms with Crippen molar-refractivity contribution >= 4 is 34.1 Å². The van der Waals surface area contributed by atoms with Crippen molar-refractivity contribution in [1.82, 2.24) is 4.90 Å². The second-order valence-electron chi connectivity index (χ2n) is 5.47. The number of nitro groups is 1. The van der Waals surface area contributed by atoms with Crippen LogP contribution in [0.25, 0.3) is 16.8 Å². The summed E-state index contributed by atoms with van der Waals surface area (Å²) in [7, 11) is 0. The predicted octanol–water partition coefficient (Wildman–Crippen LogP) is 2.20. The van der Waals surface area contributed by atoms with Crippen LogP contribution >= 0.6 is 0 Å². The third-order valence-electron chi connectivity index (χ3n) is 4.02. The molecule has 1 aliphatic heterocycles. The lowest BCUT2D eigenvalue weighted by Gasteiger charge is -2.25. The number of hydrogen-bond acceptors (Lipinski definition) is 5. The number of amides is 1. The van der Waals surface area contributed by atoms with Gasteiger partial charge in [-0.15, -0.1) is 0 Å². The van der Waals surface area contributed by atoms with Gasteiger partial charge in [0, 0.05) is 41.9 Å². The number of rotatable bonds is 3. The Hall–Kier alpha value is -2.93. The number of nitrogen functional groups attached to an aromatic ring is 1. The smallest absolute Gasteiger partial charge is 0.277 e. The van der Waals surface area contributed by atoms with Gasteiger partial charge < -0.3 is 15.4 Å². The summed E-state index contributed by atoms with van der Waals surface area (Å²) in [6, 6.07) is 8.30. The number of nitrogens with two attached hydrogens (primary N) is 1. The minimum atomic E-state index is -0.442. The lowest BCUT2D eigenvalue weighted by molar-refractivity contribution is -0.383. The standard InChI is InChI=1S/C17H17N3O4/c18-17-12(5-6-16(21)19-7-9-24-10-8-19)11-15(20(22)23)13-3-1-2-4-14(13)17/h1-6,11H,7-10,18H2/b6-5-. The van der Waals surface area contributed by atoms with Gasteiger partial charge in [-0.05, 0) is 12.1 Å². The molecule has 0 saturated carbocycles. The zero-order chi connectivity index (χ0) is 17.1. The van der Waals surface area contributed by atoms with Gasteiger partial charge in [-0.3, -0.25) is 14.9 Å². The molecule has 0 aliphatic carbocycles. The highest BCUT2D eigenvalue weighted by Gasteiger charge is 2.17. The molecule has 3 rings (SSSR count). The van der Waals surface area contributed by atoms with Crippen LogP contribution < -0.4 is 5.73 Å². The molecular weight excluding hydrogens is 310 g/mol. The lowest BCUT2D eigenvalue weighted by atomic mass is 10.0. The molecule has 24 heavy (non-hydrogen) atoms. The number of hydrogen-bond donors (Lipinski definition) is 1. The first-order valence-electron chi connectivity index (χ1n) is 7.58. The molecule has 0 atom stereocenters. The Morgan fingerprint density at radius 1 is 1.25 bits per heavy atom. The predicted molar refractivity (Wildman–Crippen MR) is 91.4 cm³/mol. The summed E-state index contributed by atoms with van der Waals surface area (Å²) in [5.41, 5.74) is 6.98. The van der Waals surface area contributed by atoms with Crippen LogP contribution in [0.2, 0.25) is 0 Å². The van der Waals surface area contributed by atoms with Gasteiger partial charge in [0.15, 0.2) is 0 Å². The number of fused-ring (bicyclic) bond motifs is 1. The van der Waals surface area contributed by atoms with E-state index in [0.717, 1.165) is 0 Å². The number of nitrogens with zero attached hydrogens (tertiary/aromatic N) is 2. The van der Waals surface area contributed by atoms with Crippen LogP contribution in [0.4, 0.5) is 11.4 Å². The number of nitro benzene ring substituents is 1. The fraction of sp³-hybridized carbons (Fsp3) is 0.235. The van der Waals surface area contributed by atoms with Crippen LogP contribution in [-0.2, 0) is 9.53 Å². The number of benzene rings is 2. The number of non-ortho nitro benzene ring substituents is 1. The minimum absolute atomic E-state index is 0.0294. The molecule has 1 saturated heterocycles. The first-order valence-corrected chi connectivity index (χ1v) is 7.58. The third-order valence-corrected chi connectivity index (χ3v) is 4.02. The van der Waals surface area contributed by atoms with Gasteiger partial charge in [0.25, 0.3) is 5.69 Å². The van der Waals surface area contributed by atoms with Crippen molar-refractivity contribution in [1.29, 1.82) is 0 Å². The van der Waals surface area contributed by atoms with Crippen molar-refractivity contribution in [2.45, 2.75) is 0 Å². The number of carbonyl (C=O) groups excluding carboxylic acids is 1. The Morgan fingerprint density at radius 3 is 2.58 bits per heavy atom. The van der Waals surface area contributed by atoms with Crippen LogP contribution in [0, 0.1) is 10.1 Å². The quantitative estimate of drug-likeness (QED) is 0.403. The molecule has 2 N–H and O–H groups in total. The second-order valence-corrected chi connectivity index (χ2v) is 5.47. The molecule has 1 fully saturated rings. The number of ether oxygens (including phenoxy) is 1. The van der Waals surface area contributed by atoms with Crippen molar-refractivity contribution in [3.63, 3.8) is 0 Å². The Bertz CT molecular complexity index is 826. The van der Waals surface area contributed by atoms with Crippen LogP contribution in [0.5, 0.6) is 0 Å². The molecule has 1 aliphatic rings. The Morgan fingerprint density at radius 2 is 1.92 bits per heavy atom. The molecule has 2 aromatic carbocycles. The average molecular weight is 327 g/mol. The van der Waals surface area contributed by atoms with E-state index >= 15 is 0 Å². The minimum Gasteiger partial charge on any atom is -0.398 e. The summed E-state index contributed by atoms with van der Waals surface area (Å²) in [4.78, 5) is 24.7. The first-order chi connectivity index (χ1) is 11.6. The van der Waals surface area contributed by atoms with Gasteiger partial charge in [0.2, 0.25) is 5.91 Å². The fourth-order valence-electron chi connectivity index (χ4n) is 2.74. The molecule has 0 aromatic heterocycles. The van der Waals surface area contributed by atoms with Crippen LogP contribution in [-0.4, -0.2) is 42.0 Å². The Balaban J connectivity index is 1.97. The maximum atomic E-state index is 12.2. The summed E-state index contributed by atoms with van der Waals surface area (Å²) >= 11 is 0. The largest absolute Gasteiger partial charge is 0.398 e. The summed E-state index contributed by atoms with van der Waals surface area (Å²) in [6.45, 7) is 2.11. The molecule has 2 aromatic rings. The monoisotopic (exact) mass is 327 g/mol. The lowest BCUT2D eigenvalue weighted by Crippen LogP contribution is -2.39. The third kappa shape index (κ3) is 3.07. The van der Waals surface area contributed by atoms with E-state index in [4.69, 9.17) is 10.5 Å².